The maximum absolute atomic E-state index is 12.1. The van der Waals surface area contributed by atoms with Crippen molar-refractivity contribution in [3.05, 3.63) is 30.1 Å². The lowest BCUT2D eigenvalue weighted by Crippen LogP contribution is -2.33. The van der Waals surface area contributed by atoms with Gasteiger partial charge in [0, 0.05) is 18.0 Å². The number of nitrogens with zero attached hydrogens (tertiary/aromatic N) is 1. The number of aromatic nitrogens is 1. The van der Waals surface area contributed by atoms with E-state index in [2.05, 4.69) is 16.8 Å². The molecule has 0 N–H and O–H groups in total. The van der Waals surface area contributed by atoms with Crippen molar-refractivity contribution in [1.82, 2.24) is 4.98 Å². The molecule has 1 saturated carbocycles. The van der Waals surface area contributed by atoms with Gasteiger partial charge in [-0.3, -0.25) is 4.98 Å². The lowest BCUT2D eigenvalue weighted by molar-refractivity contribution is 0.573. The van der Waals surface area contributed by atoms with Gasteiger partial charge in [0.1, 0.15) is 4.75 Å². The van der Waals surface area contributed by atoms with Gasteiger partial charge in [-0.2, -0.15) is 0 Å². The molecule has 0 bridgehead atoms. The standard InChI is InChI=1S/C13H15NO2S/c1-13(2,17(15,16)12-5-6-12)8-7-11-4-3-9-14-10-11/h3-4,9-10,12H,5-6H2,1-2H3. The molecule has 2 rings (SSSR count). The van der Waals surface area contributed by atoms with Crippen LogP contribution in [0.3, 0.4) is 0 Å². The van der Waals surface area contributed by atoms with Crippen LogP contribution < -0.4 is 0 Å². The quantitative estimate of drug-likeness (QED) is 0.751. The van der Waals surface area contributed by atoms with Crippen LogP contribution in [-0.2, 0) is 9.84 Å². The molecule has 4 heteroatoms. The van der Waals surface area contributed by atoms with Crippen LogP contribution in [-0.4, -0.2) is 23.4 Å². The zero-order chi connectivity index (χ0) is 12.5. The van der Waals surface area contributed by atoms with Crippen molar-refractivity contribution in [2.24, 2.45) is 0 Å². The van der Waals surface area contributed by atoms with Gasteiger partial charge < -0.3 is 0 Å². The molecule has 0 amide bonds. The highest BCUT2D eigenvalue weighted by molar-refractivity contribution is 7.93. The molecule has 0 aliphatic heterocycles. The molecule has 1 aliphatic rings. The minimum Gasteiger partial charge on any atom is -0.263 e. The Morgan fingerprint density at radius 2 is 2.12 bits per heavy atom. The van der Waals surface area contributed by atoms with Crippen LogP contribution in [0.15, 0.2) is 24.5 Å². The van der Waals surface area contributed by atoms with Gasteiger partial charge in [0.05, 0.1) is 5.25 Å². The average molecular weight is 249 g/mol. The Morgan fingerprint density at radius 1 is 1.41 bits per heavy atom. The molecule has 1 fully saturated rings. The van der Waals surface area contributed by atoms with Crippen LogP contribution in [0.2, 0.25) is 0 Å². The van der Waals surface area contributed by atoms with Crippen LogP contribution in [0, 0.1) is 11.8 Å². The summed E-state index contributed by atoms with van der Waals surface area (Å²) in [6.07, 6.45) is 4.85. The Hall–Kier alpha value is -1.34. The third kappa shape index (κ3) is 2.50. The van der Waals surface area contributed by atoms with E-state index in [1.807, 2.05) is 6.07 Å². The van der Waals surface area contributed by atoms with Crippen molar-refractivity contribution in [2.75, 3.05) is 0 Å². The monoisotopic (exact) mass is 249 g/mol. The molecule has 1 heterocycles. The maximum Gasteiger partial charge on any atom is 0.169 e. The molecule has 0 atom stereocenters. The Morgan fingerprint density at radius 3 is 2.65 bits per heavy atom. The third-order valence-corrected chi connectivity index (χ3v) is 5.72. The fraction of sp³-hybridized carbons (Fsp3) is 0.462. The summed E-state index contributed by atoms with van der Waals surface area (Å²) < 4.78 is 23.3. The van der Waals surface area contributed by atoms with E-state index in [-0.39, 0.29) is 5.25 Å². The van der Waals surface area contributed by atoms with Crippen LogP contribution in [0.1, 0.15) is 32.3 Å². The molecule has 0 saturated heterocycles. The fourth-order valence-corrected chi connectivity index (χ4v) is 3.31. The SMILES string of the molecule is CC(C)(C#Cc1cccnc1)S(=O)(=O)C1CC1. The van der Waals surface area contributed by atoms with Gasteiger partial charge in [0.15, 0.2) is 9.84 Å². The van der Waals surface area contributed by atoms with Gasteiger partial charge in [-0.1, -0.05) is 11.8 Å². The second kappa shape index (κ2) is 4.15. The summed E-state index contributed by atoms with van der Waals surface area (Å²) in [5.41, 5.74) is 0.742. The molecule has 0 unspecified atom stereocenters. The first kappa shape index (κ1) is 12.1. The van der Waals surface area contributed by atoms with Gasteiger partial charge in [-0.15, -0.1) is 0 Å². The maximum atomic E-state index is 12.1. The van der Waals surface area contributed by atoms with Gasteiger partial charge in [-0.05, 0) is 38.8 Å². The molecule has 90 valence electrons. The summed E-state index contributed by atoms with van der Waals surface area (Å²) in [4.78, 5) is 3.94. The molecule has 17 heavy (non-hydrogen) atoms. The molecule has 1 aromatic heterocycles. The summed E-state index contributed by atoms with van der Waals surface area (Å²) in [5, 5.41) is -0.180. The molecular weight excluding hydrogens is 234 g/mol. The third-order valence-electron chi connectivity index (χ3n) is 2.84. The summed E-state index contributed by atoms with van der Waals surface area (Å²) in [7, 11) is -3.13. The first-order valence-corrected chi connectivity index (χ1v) is 7.15. The van der Waals surface area contributed by atoms with Crippen molar-refractivity contribution < 1.29 is 8.42 Å². The highest BCUT2D eigenvalue weighted by atomic mass is 32.2. The van der Waals surface area contributed by atoms with Crippen molar-refractivity contribution in [3.8, 4) is 11.8 Å². The van der Waals surface area contributed by atoms with Crippen molar-refractivity contribution in [3.63, 3.8) is 0 Å². The van der Waals surface area contributed by atoms with E-state index in [9.17, 15) is 8.42 Å². The van der Waals surface area contributed by atoms with Gasteiger partial charge in [0.2, 0.25) is 0 Å². The predicted octanol–water partition coefficient (Wildman–Crippen LogP) is 1.79. The van der Waals surface area contributed by atoms with Crippen LogP contribution in [0.4, 0.5) is 0 Å². The van der Waals surface area contributed by atoms with Crippen molar-refractivity contribution in [1.29, 1.82) is 0 Å². The Kier molecular flexibility index (Phi) is 2.96. The lowest BCUT2D eigenvalue weighted by atomic mass is 10.2. The largest absolute Gasteiger partial charge is 0.263 e. The van der Waals surface area contributed by atoms with E-state index < -0.39 is 14.6 Å². The topological polar surface area (TPSA) is 47.0 Å². The summed E-state index contributed by atoms with van der Waals surface area (Å²) in [6.45, 7) is 3.34. The smallest absolute Gasteiger partial charge is 0.169 e. The second-order valence-electron chi connectivity index (χ2n) is 4.75. The van der Waals surface area contributed by atoms with Crippen molar-refractivity contribution >= 4 is 9.84 Å². The molecule has 0 radical (unpaired) electrons. The summed E-state index contributed by atoms with van der Waals surface area (Å²) >= 11 is 0. The van der Waals surface area contributed by atoms with Crippen molar-refractivity contribution in [2.45, 2.75) is 36.7 Å². The highest BCUT2D eigenvalue weighted by Crippen LogP contribution is 2.35. The summed E-state index contributed by atoms with van der Waals surface area (Å²) in [6, 6.07) is 3.60. The van der Waals surface area contributed by atoms with E-state index in [0.29, 0.717) is 0 Å². The van der Waals surface area contributed by atoms with E-state index in [0.717, 1.165) is 18.4 Å². The van der Waals surface area contributed by atoms with Crippen LogP contribution in [0.25, 0.3) is 0 Å². The van der Waals surface area contributed by atoms with Crippen LogP contribution in [0.5, 0.6) is 0 Å². The molecule has 1 aliphatic carbocycles. The van der Waals surface area contributed by atoms with E-state index in [4.69, 9.17) is 0 Å². The number of pyridine rings is 1. The molecule has 0 spiro atoms. The minimum absolute atomic E-state index is 0.180. The lowest BCUT2D eigenvalue weighted by Gasteiger charge is -2.17. The Balaban J connectivity index is 2.26. The van der Waals surface area contributed by atoms with Gasteiger partial charge >= 0.3 is 0 Å². The van der Waals surface area contributed by atoms with E-state index in [1.165, 1.54) is 0 Å². The van der Waals surface area contributed by atoms with Gasteiger partial charge in [-0.25, -0.2) is 8.42 Å². The Labute approximate surface area is 102 Å². The molecule has 3 nitrogen and oxygen atoms in total. The number of hydrogen-bond donors (Lipinski definition) is 0. The molecular formula is C13H15NO2S. The van der Waals surface area contributed by atoms with Crippen LogP contribution >= 0.6 is 0 Å². The zero-order valence-corrected chi connectivity index (χ0v) is 10.8. The number of rotatable bonds is 2. The average Bonchev–Trinajstić information content (AvgIpc) is 3.12. The predicted molar refractivity (Wildman–Crippen MR) is 67.1 cm³/mol. The first-order valence-electron chi connectivity index (χ1n) is 5.60. The summed E-state index contributed by atoms with van der Waals surface area (Å²) in [5.74, 6) is 5.74. The zero-order valence-electron chi connectivity index (χ0n) is 9.97. The molecule has 0 aromatic carbocycles. The second-order valence-corrected chi connectivity index (χ2v) is 7.52. The highest BCUT2D eigenvalue weighted by Gasteiger charge is 2.45. The van der Waals surface area contributed by atoms with E-state index >= 15 is 0 Å². The fourth-order valence-electron chi connectivity index (χ4n) is 1.53. The number of hydrogen-bond acceptors (Lipinski definition) is 3. The Bertz CT molecular complexity index is 560. The normalized spacial score (nSPS) is 16.1. The number of sulfone groups is 1. The van der Waals surface area contributed by atoms with Gasteiger partial charge in [0.25, 0.3) is 0 Å². The minimum atomic E-state index is -3.13. The first-order chi connectivity index (χ1) is 7.93. The van der Waals surface area contributed by atoms with E-state index in [1.54, 1.807) is 32.3 Å². The molecule has 1 aromatic rings.